The van der Waals surface area contributed by atoms with Crippen LogP contribution in [0.25, 0.3) is 0 Å². The van der Waals surface area contributed by atoms with Crippen LogP contribution in [0, 0.1) is 5.82 Å². The summed E-state index contributed by atoms with van der Waals surface area (Å²) in [5.74, 6) is -0.615. The summed E-state index contributed by atoms with van der Waals surface area (Å²) in [4.78, 5) is 11.8. The number of para-hydroxylation sites is 1. The van der Waals surface area contributed by atoms with Crippen molar-refractivity contribution in [2.24, 2.45) is 5.73 Å². The quantitative estimate of drug-likeness (QED) is 0.868. The average molecular weight is 280 g/mol. The average Bonchev–Trinajstić information content (AvgIpc) is 2.46. The highest BCUT2D eigenvalue weighted by Crippen LogP contribution is 2.22. The first-order chi connectivity index (χ1) is 9.70. The van der Waals surface area contributed by atoms with Crippen molar-refractivity contribution >= 4 is 5.91 Å². The van der Waals surface area contributed by atoms with Crippen LogP contribution in [0.1, 0.15) is 37.7 Å². The summed E-state index contributed by atoms with van der Waals surface area (Å²) in [7, 11) is 0. The molecule has 1 saturated carbocycles. The van der Waals surface area contributed by atoms with Crippen molar-refractivity contribution in [3.05, 3.63) is 29.6 Å². The number of hydrogen-bond donors (Lipinski definition) is 2. The zero-order valence-corrected chi connectivity index (χ0v) is 11.5. The Hall–Kier alpha value is -1.62. The van der Waals surface area contributed by atoms with Gasteiger partial charge in [0.05, 0.1) is 0 Å². The Kier molecular flexibility index (Phi) is 5.35. The van der Waals surface area contributed by atoms with Gasteiger partial charge in [0.2, 0.25) is 0 Å². The van der Waals surface area contributed by atoms with Gasteiger partial charge in [-0.25, -0.2) is 4.39 Å². The van der Waals surface area contributed by atoms with E-state index in [2.05, 4.69) is 5.32 Å². The number of nitrogens with two attached hydrogens (primary N) is 1. The van der Waals surface area contributed by atoms with Gasteiger partial charge in [-0.05, 0) is 18.9 Å². The number of carbonyl (C=O) groups excluding carboxylic acids is 1. The topological polar surface area (TPSA) is 64.3 Å². The fourth-order valence-electron chi connectivity index (χ4n) is 2.53. The first kappa shape index (κ1) is 14.8. The molecule has 0 spiro atoms. The van der Waals surface area contributed by atoms with Crippen LogP contribution in [-0.4, -0.2) is 18.6 Å². The minimum absolute atomic E-state index is 0.0776. The maximum absolute atomic E-state index is 13.6. The van der Waals surface area contributed by atoms with E-state index in [1.807, 2.05) is 0 Å². The molecule has 0 aliphatic heterocycles. The van der Waals surface area contributed by atoms with Crippen LogP contribution in [0.4, 0.5) is 4.39 Å². The van der Waals surface area contributed by atoms with Gasteiger partial charge in [0.25, 0.3) is 5.91 Å². The molecule has 1 aliphatic carbocycles. The van der Waals surface area contributed by atoms with Crippen molar-refractivity contribution < 1.29 is 13.9 Å². The van der Waals surface area contributed by atoms with Crippen LogP contribution in [0.5, 0.6) is 5.75 Å². The third-order valence-electron chi connectivity index (χ3n) is 3.59. The molecule has 0 radical (unpaired) electrons. The van der Waals surface area contributed by atoms with Gasteiger partial charge in [-0.15, -0.1) is 0 Å². The number of benzene rings is 1. The molecule has 2 rings (SSSR count). The highest BCUT2D eigenvalue weighted by molar-refractivity contribution is 5.77. The molecule has 0 atom stereocenters. The molecule has 1 aromatic rings. The molecule has 3 N–H and O–H groups in total. The molecule has 1 aliphatic rings. The van der Waals surface area contributed by atoms with Crippen LogP contribution in [0.3, 0.4) is 0 Å². The van der Waals surface area contributed by atoms with Crippen molar-refractivity contribution in [1.82, 2.24) is 5.32 Å². The van der Waals surface area contributed by atoms with E-state index >= 15 is 0 Å². The summed E-state index contributed by atoms with van der Waals surface area (Å²) in [6.45, 7) is 0.00176. The second-order valence-corrected chi connectivity index (χ2v) is 5.12. The lowest BCUT2D eigenvalue weighted by Crippen LogP contribution is -2.39. The molecule has 0 unspecified atom stereocenters. The number of ether oxygens (including phenoxy) is 1. The lowest BCUT2D eigenvalue weighted by Gasteiger charge is -2.22. The molecule has 110 valence electrons. The highest BCUT2D eigenvalue weighted by atomic mass is 19.1. The zero-order valence-electron chi connectivity index (χ0n) is 11.5. The number of amides is 1. The third-order valence-corrected chi connectivity index (χ3v) is 3.59. The van der Waals surface area contributed by atoms with Crippen LogP contribution < -0.4 is 15.8 Å². The fourth-order valence-corrected chi connectivity index (χ4v) is 2.53. The monoisotopic (exact) mass is 280 g/mol. The van der Waals surface area contributed by atoms with E-state index in [1.54, 1.807) is 12.1 Å². The number of halogens is 1. The Morgan fingerprint density at radius 2 is 2.10 bits per heavy atom. The number of rotatable bonds is 5. The number of carbonyl (C=O) groups is 1. The molecule has 1 fully saturated rings. The van der Waals surface area contributed by atoms with Crippen molar-refractivity contribution in [1.29, 1.82) is 0 Å². The van der Waals surface area contributed by atoms with Crippen LogP contribution in [0.2, 0.25) is 0 Å². The van der Waals surface area contributed by atoms with E-state index < -0.39 is 5.82 Å². The summed E-state index contributed by atoms with van der Waals surface area (Å²) < 4.78 is 18.9. The Morgan fingerprint density at radius 3 is 2.80 bits per heavy atom. The molecule has 20 heavy (non-hydrogen) atoms. The second kappa shape index (κ2) is 7.24. The van der Waals surface area contributed by atoms with Crippen molar-refractivity contribution in [3.8, 4) is 5.75 Å². The fraction of sp³-hybridized carbons (Fsp3) is 0.533. The van der Waals surface area contributed by atoms with Gasteiger partial charge >= 0.3 is 0 Å². The van der Waals surface area contributed by atoms with Crippen molar-refractivity contribution in [2.75, 3.05) is 6.61 Å². The lowest BCUT2D eigenvalue weighted by molar-refractivity contribution is -0.124. The Balaban J connectivity index is 1.86. The number of nitrogens with one attached hydrogen (secondary N) is 1. The normalized spacial score (nSPS) is 15.9. The summed E-state index contributed by atoms with van der Waals surface area (Å²) in [5.41, 5.74) is 6.09. The van der Waals surface area contributed by atoms with Gasteiger partial charge in [0, 0.05) is 18.2 Å². The molecular formula is C15H21FN2O2. The highest BCUT2D eigenvalue weighted by Gasteiger charge is 2.17. The van der Waals surface area contributed by atoms with E-state index in [9.17, 15) is 9.18 Å². The van der Waals surface area contributed by atoms with Gasteiger partial charge < -0.3 is 15.8 Å². The largest absolute Gasteiger partial charge is 0.480 e. The standard InChI is InChI=1S/C15H21FN2O2/c16-13-8-4-5-11(9-17)15(13)20-10-14(19)18-12-6-2-1-3-7-12/h4-5,8,12H,1-3,6-7,9-10,17H2,(H,18,19). The molecule has 0 heterocycles. The maximum Gasteiger partial charge on any atom is 0.258 e. The molecule has 4 nitrogen and oxygen atoms in total. The van der Waals surface area contributed by atoms with E-state index in [-0.39, 0.29) is 30.9 Å². The summed E-state index contributed by atoms with van der Waals surface area (Å²) >= 11 is 0. The Labute approximate surface area is 118 Å². The third kappa shape index (κ3) is 3.93. The van der Waals surface area contributed by atoms with Crippen LogP contribution in [-0.2, 0) is 11.3 Å². The van der Waals surface area contributed by atoms with E-state index in [1.165, 1.54) is 12.5 Å². The van der Waals surface area contributed by atoms with Gasteiger partial charge in [-0.1, -0.05) is 31.4 Å². The summed E-state index contributed by atoms with van der Waals surface area (Å²) in [6.07, 6.45) is 5.56. The Morgan fingerprint density at radius 1 is 1.35 bits per heavy atom. The maximum atomic E-state index is 13.6. The predicted molar refractivity (Wildman–Crippen MR) is 74.8 cm³/mol. The minimum atomic E-state index is -0.488. The van der Waals surface area contributed by atoms with E-state index in [0.717, 1.165) is 25.7 Å². The van der Waals surface area contributed by atoms with Gasteiger partial charge in [-0.2, -0.15) is 0 Å². The van der Waals surface area contributed by atoms with E-state index in [0.29, 0.717) is 5.56 Å². The molecule has 0 aromatic heterocycles. The smallest absolute Gasteiger partial charge is 0.258 e. The van der Waals surface area contributed by atoms with Crippen molar-refractivity contribution in [3.63, 3.8) is 0 Å². The van der Waals surface area contributed by atoms with Gasteiger partial charge in [0.1, 0.15) is 0 Å². The molecule has 5 heteroatoms. The SMILES string of the molecule is NCc1cccc(F)c1OCC(=O)NC1CCCCC1. The van der Waals surface area contributed by atoms with Gasteiger partial charge in [0.15, 0.2) is 18.2 Å². The molecular weight excluding hydrogens is 259 g/mol. The molecule has 1 amide bonds. The van der Waals surface area contributed by atoms with Crippen LogP contribution >= 0.6 is 0 Å². The molecule has 1 aromatic carbocycles. The summed E-state index contributed by atoms with van der Waals surface area (Å²) in [6, 6.07) is 4.80. The lowest BCUT2D eigenvalue weighted by atomic mass is 9.95. The second-order valence-electron chi connectivity index (χ2n) is 5.12. The first-order valence-electron chi connectivity index (χ1n) is 7.10. The van der Waals surface area contributed by atoms with Gasteiger partial charge in [-0.3, -0.25) is 4.79 Å². The molecule has 0 saturated heterocycles. The first-order valence-corrected chi connectivity index (χ1v) is 7.10. The number of hydrogen-bond acceptors (Lipinski definition) is 3. The molecule has 0 bridgehead atoms. The zero-order chi connectivity index (χ0) is 14.4. The predicted octanol–water partition coefficient (Wildman–Crippen LogP) is 2.11. The van der Waals surface area contributed by atoms with Crippen LogP contribution in [0.15, 0.2) is 18.2 Å². The van der Waals surface area contributed by atoms with Crippen molar-refractivity contribution in [2.45, 2.75) is 44.7 Å². The summed E-state index contributed by atoms with van der Waals surface area (Å²) in [5, 5.41) is 2.93. The minimum Gasteiger partial charge on any atom is -0.480 e. The Bertz CT molecular complexity index is 459. The van der Waals surface area contributed by atoms with E-state index in [4.69, 9.17) is 10.5 Å².